The van der Waals surface area contributed by atoms with Gasteiger partial charge in [-0.15, -0.1) is 6.58 Å². The van der Waals surface area contributed by atoms with Gasteiger partial charge in [0.1, 0.15) is 6.04 Å². The number of hydrogen-bond acceptors (Lipinski definition) is 2. The lowest BCUT2D eigenvalue weighted by atomic mass is 9.88. The second kappa shape index (κ2) is 6.42. The molecule has 0 radical (unpaired) electrons. The Morgan fingerprint density at radius 1 is 1.53 bits per heavy atom. The van der Waals surface area contributed by atoms with E-state index in [1.54, 1.807) is 6.08 Å². The van der Waals surface area contributed by atoms with E-state index in [1.165, 1.54) is 4.90 Å². The minimum absolute atomic E-state index is 0.0631. The molecule has 0 aromatic heterocycles. The maximum absolute atomic E-state index is 11.9. The molecular weight excluding hydrogens is 218 g/mol. The van der Waals surface area contributed by atoms with E-state index in [4.69, 9.17) is 0 Å². The number of amides is 1. The first-order valence-corrected chi connectivity index (χ1v) is 6.23. The van der Waals surface area contributed by atoms with E-state index in [9.17, 15) is 14.7 Å². The van der Waals surface area contributed by atoms with Crippen LogP contribution in [0.15, 0.2) is 12.7 Å². The second-order valence-electron chi connectivity index (χ2n) is 4.57. The largest absolute Gasteiger partial charge is 0.480 e. The summed E-state index contributed by atoms with van der Waals surface area (Å²) in [7, 11) is 0. The minimum Gasteiger partial charge on any atom is -0.480 e. The highest BCUT2D eigenvalue weighted by molar-refractivity contribution is 5.84. The lowest BCUT2D eigenvalue weighted by Crippen LogP contribution is -2.50. The fourth-order valence-electron chi connectivity index (χ4n) is 2.31. The first-order valence-electron chi connectivity index (χ1n) is 6.23. The molecule has 96 valence electrons. The molecule has 0 saturated carbocycles. The van der Waals surface area contributed by atoms with Gasteiger partial charge in [-0.25, -0.2) is 4.79 Å². The standard InChI is InChI=1S/C13H21NO3/c1-3-5-6-12(15)14-8-7-10(4-2)9-11(14)13(16)17/h3,10-11H,1,4-9H2,2H3,(H,16,17). The van der Waals surface area contributed by atoms with Gasteiger partial charge < -0.3 is 10.0 Å². The van der Waals surface area contributed by atoms with Crippen molar-refractivity contribution in [2.75, 3.05) is 6.54 Å². The molecule has 1 amide bonds. The second-order valence-corrected chi connectivity index (χ2v) is 4.57. The van der Waals surface area contributed by atoms with E-state index in [2.05, 4.69) is 13.5 Å². The van der Waals surface area contributed by atoms with Crippen molar-refractivity contribution in [3.05, 3.63) is 12.7 Å². The predicted octanol–water partition coefficient (Wildman–Crippen LogP) is 2.05. The number of carboxylic acid groups (broad SMARTS) is 1. The Kier molecular flexibility index (Phi) is 5.19. The zero-order valence-electron chi connectivity index (χ0n) is 10.4. The summed E-state index contributed by atoms with van der Waals surface area (Å²) in [6.07, 6.45) is 5.15. The number of rotatable bonds is 5. The molecule has 1 aliphatic rings. The van der Waals surface area contributed by atoms with Gasteiger partial charge in [0.05, 0.1) is 0 Å². The summed E-state index contributed by atoms with van der Waals surface area (Å²) in [5.41, 5.74) is 0. The molecule has 1 rings (SSSR count). The summed E-state index contributed by atoms with van der Waals surface area (Å²) >= 11 is 0. The van der Waals surface area contributed by atoms with Crippen LogP contribution >= 0.6 is 0 Å². The fraction of sp³-hybridized carbons (Fsp3) is 0.692. The van der Waals surface area contributed by atoms with Gasteiger partial charge >= 0.3 is 5.97 Å². The van der Waals surface area contributed by atoms with Crippen molar-refractivity contribution in [3.8, 4) is 0 Å². The molecule has 1 N–H and O–H groups in total. The van der Waals surface area contributed by atoms with Gasteiger partial charge in [0.2, 0.25) is 5.91 Å². The molecule has 0 aromatic rings. The van der Waals surface area contributed by atoms with Crippen molar-refractivity contribution in [2.24, 2.45) is 5.92 Å². The molecule has 1 heterocycles. The summed E-state index contributed by atoms with van der Waals surface area (Å²) in [4.78, 5) is 24.6. The molecule has 1 fully saturated rings. The van der Waals surface area contributed by atoms with E-state index in [0.29, 0.717) is 31.7 Å². The van der Waals surface area contributed by atoms with Crippen LogP contribution in [0.1, 0.15) is 39.0 Å². The highest BCUT2D eigenvalue weighted by Gasteiger charge is 2.34. The van der Waals surface area contributed by atoms with Crippen molar-refractivity contribution >= 4 is 11.9 Å². The molecule has 4 heteroatoms. The number of nitrogens with zero attached hydrogens (tertiary/aromatic N) is 1. The third-order valence-corrected chi connectivity index (χ3v) is 3.46. The zero-order chi connectivity index (χ0) is 12.8. The van der Waals surface area contributed by atoms with Gasteiger partial charge in [-0.05, 0) is 25.2 Å². The number of carbonyl (C=O) groups excluding carboxylic acids is 1. The highest BCUT2D eigenvalue weighted by Crippen LogP contribution is 2.26. The van der Waals surface area contributed by atoms with Crippen molar-refractivity contribution in [1.82, 2.24) is 4.90 Å². The Hall–Kier alpha value is -1.32. The van der Waals surface area contributed by atoms with E-state index < -0.39 is 12.0 Å². The number of allylic oxidation sites excluding steroid dienone is 1. The molecule has 0 bridgehead atoms. The number of carbonyl (C=O) groups is 2. The topological polar surface area (TPSA) is 57.6 Å². The molecule has 4 nitrogen and oxygen atoms in total. The van der Waals surface area contributed by atoms with Crippen molar-refractivity contribution < 1.29 is 14.7 Å². The van der Waals surface area contributed by atoms with Crippen LogP contribution in [0.4, 0.5) is 0 Å². The van der Waals surface area contributed by atoms with Crippen molar-refractivity contribution in [1.29, 1.82) is 0 Å². The molecule has 0 spiro atoms. The number of piperidine rings is 1. The van der Waals surface area contributed by atoms with Crippen LogP contribution in [-0.2, 0) is 9.59 Å². The molecule has 0 aliphatic carbocycles. The lowest BCUT2D eigenvalue weighted by Gasteiger charge is -2.37. The lowest BCUT2D eigenvalue weighted by molar-refractivity contribution is -0.153. The summed E-state index contributed by atoms with van der Waals surface area (Å²) in [6, 6.07) is -0.633. The average molecular weight is 239 g/mol. The quantitative estimate of drug-likeness (QED) is 0.747. The summed E-state index contributed by atoms with van der Waals surface area (Å²) in [6.45, 7) is 6.21. The maximum atomic E-state index is 11.9. The van der Waals surface area contributed by atoms with Gasteiger partial charge in [-0.1, -0.05) is 19.4 Å². The van der Waals surface area contributed by atoms with Crippen LogP contribution in [0.2, 0.25) is 0 Å². The summed E-state index contributed by atoms with van der Waals surface area (Å²) < 4.78 is 0. The number of aliphatic carboxylic acids is 1. The summed E-state index contributed by atoms with van der Waals surface area (Å²) in [5.74, 6) is -0.512. The van der Waals surface area contributed by atoms with Crippen LogP contribution in [0, 0.1) is 5.92 Å². The third-order valence-electron chi connectivity index (χ3n) is 3.46. The van der Waals surface area contributed by atoms with Gasteiger partial charge in [-0.2, -0.15) is 0 Å². The van der Waals surface area contributed by atoms with Gasteiger partial charge in [0.15, 0.2) is 0 Å². The van der Waals surface area contributed by atoms with E-state index in [-0.39, 0.29) is 5.91 Å². The molecule has 0 aromatic carbocycles. The average Bonchev–Trinajstić information content (AvgIpc) is 2.35. The smallest absolute Gasteiger partial charge is 0.326 e. The Morgan fingerprint density at radius 3 is 2.76 bits per heavy atom. The molecule has 2 unspecified atom stereocenters. The maximum Gasteiger partial charge on any atom is 0.326 e. The molecular formula is C13H21NO3. The van der Waals surface area contributed by atoms with Crippen LogP contribution in [0.3, 0.4) is 0 Å². The highest BCUT2D eigenvalue weighted by atomic mass is 16.4. The fourth-order valence-corrected chi connectivity index (χ4v) is 2.31. The zero-order valence-corrected chi connectivity index (χ0v) is 10.4. The van der Waals surface area contributed by atoms with Crippen LogP contribution in [-0.4, -0.2) is 34.5 Å². The molecule has 1 saturated heterocycles. The predicted molar refractivity (Wildman–Crippen MR) is 65.6 cm³/mol. The molecule has 17 heavy (non-hydrogen) atoms. The van der Waals surface area contributed by atoms with Crippen molar-refractivity contribution in [3.63, 3.8) is 0 Å². The minimum atomic E-state index is -0.880. The molecule has 2 atom stereocenters. The SMILES string of the molecule is C=CCCC(=O)N1CCC(CC)CC1C(=O)O. The Balaban J connectivity index is 2.66. The van der Waals surface area contributed by atoms with E-state index in [1.807, 2.05) is 0 Å². The van der Waals surface area contributed by atoms with E-state index in [0.717, 1.165) is 12.8 Å². The number of likely N-dealkylation sites (tertiary alicyclic amines) is 1. The Labute approximate surface area is 102 Å². The van der Waals surface area contributed by atoms with Crippen LogP contribution in [0.5, 0.6) is 0 Å². The number of hydrogen-bond donors (Lipinski definition) is 1. The van der Waals surface area contributed by atoms with Gasteiger partial charge in [0, 0.05) is 13.0 Å². The van der Waals surface area contributed by atoms with Gasteiger partial charge in [-0.3, -0.25) is 4.79 Å². The van der Waals surface area contributed by atoms with E-state index >= 15 is 0 Å². The Morgan fingerprint density at radius 2 is 2.24 bits per heavy atom. The molecule has 1 aliphatic heterocycles. The van der Waals surface area contributed by atoms with Crippen molar-refractivity contribution in [2.45, 2.75) is 45.1 Å². The van der Waals surface area contributed by atoms with Crippen LogP contribution in [0.25, 0.3) is 0 Å². The third kappa shape index (κ3) is 3.58. The Bertz CT molecular complexity index is 301. The normalized spacial score (nSPS) is 24.4. The van der Waals surface area contributed by atoms with Crippen LogP contribution < -0.4 is 0 Å². The first kappa shape index (κ1) is 13.7. The van der Waals surface area contributed by atoms with Gasteiger partial charge in [0.25, 0.3) is 0 Å². The summed E-state index contributed by atoms with van der Waals surface area (Å²) in [5, 5.41) is 9.18. The number of carboxylic acids is 1. The monoisotopic (exact) mass is 239 g/mol. The first-order chi connectivity index (χ1) is 8.10.